The highest BCUT2D eigenvalue weighted by Gasteiger charge is 2.35. The third-order valence-electron chi connectivity index (χ3n) is 1.15. The molecule has 1 rings (SSSR count). The van der Waals surface area contributed by atoms with Gasteiger partial charge in [-0.3, -0.25) is 0 Å². The highest BCUT2D eigenvalue weighted by Crippen LogP contribution is 2.36. The minimum atomic E-state index is -4.41. The Morgan fingerprint density at radius 3 is 2.17 bits per heavy atom. The van der Waals surface area contributed by atoms with Gasteiger partial charge in [-0.25, -0.2) is 0 Å². The number of hydrogen-bond donors (Lipinski definition) is 0. The van der Waals surface area contributed by atoms with Crippen LogP contribution in [0.3, 0.4) is 0 Å². The fraction of sp³-hybridized carbons (Fsp3) is 0.333. The first-order valence-corrected chi connectivity index (χ1v) is 4.68. The number of rotatable bonds is 1. The van der Waals surface area contributed by atoms with Gasteiger partial charge in [0.05, 0.1) is 10.00 Å². The molecule has 1 aromatic rings. The van der Waals surface area contributed by atoms with Gasteiger partial charge >= 0.3 is 6.18 Å². The van der Waals surface area contributed by atoms with Crippen LogP contribution in [0.4, 0.5) is 13.2 Å². The van der Waals surface area contributed by atoms with E-state index < -0.39 is 11.9 Å². The van der Waals surface area contributed by atoms with Crippen molar-refractivity contribution in [2.24, 2.45) is 0 Å². The van der Waals surface area contributed by atoms with Crippen LogP contribution in [0.25, 0.3) is 0 Å². The van der Waals surface area contributed by atoms with Gasteiger partial charge < -0.3 is 4.42 Å². The molecule has 68 valence electrons. The van der Waals surface area contributed by atoms with Crippen molar-refractivity contribution >= 4 is 31.9 Å². The largest absolute Gasteiger partial charge is 0.459 e. The van der Waals surface area contributed by atoms with E-state index in [4.69, 9.17) is 0 Å². The highest BCUT2D eigenvalue weighted by atomic mass is 79.9. The predicted molar refractivity (Wildman–Crippen MR) is 44.3 cm³/mol. The van der Waals surface area contributed by atoms with Crippen molar-refractivity contribution in [2.75, 3.05) is 0 Å². The third kappa shape index (κ3) is 2.26. The molecule has 0 bridgehead atoms. The lowest BCUT2D eigenvalue weighted by Crippen LogP contribution is -2.02. The molecule has 0 fully saturated rings. The zero-order valence-corrected chi connectivity index (χ0v) is 8.70. The molecule has 0 radical (unpaired) electrons. The molecule has 12 heavy (non-hydrogen) atoms. The fourth-order valence-corrected chi connectivity index (χ4v) is 1.09. The van der Waals surface area contributed by atoms with Crippen LogP contribution < -0.4 is 0 Å². The summed E-state index contributed by atoms with van der Waals surface area (Å²) >= 11 is 6.10. The van der Waals surface area contributed by atoms with Crippen molar-refractivity contribution in [2.45, 2.75) is 9.91 Å². The zero-order chi connectivity index (χ0) is 9.35. The molecule has 0 spiro atoms. The van der Waals surface area contributed by atoms with Crippen LogP contribution in [-0.4, -0.2) is 0 Å². The normalized spacial score (nSPS) is 12.5. The van der Waals surface area contributed by atoms with Gasteiger partial charge in [0, 0.05) is 5.56 Å². The van der Waals surface area contributed by atoms with Gasteiger partial charge in [0.2, 0.25) is 5.76 Å². The fourth-order valence-electron chi connectivity index (χ4n) is 0.614. The van der Waals surface area contributed by atoms with Crippen LogP contribution in [0.5, 0.6) is 0 Å². The Hall–Kier alpha value is 0.0300. The van der Waals surface area contributed by atoms with Crippen LogP contribution in [0, 0.1) is 0 Å². The molecule has 0 aliphatic heterocycles. The van der Waals surface area contributed by atoms with E-state index in [1.54, 1.807) is 0 Å². The average Bonchev–Trinajstić information content (AvgIpc) is 2.30. The van der Waals surface area contributed by atoms with Gasteiger partial charge in [0.1, 0.15) is 0 Å². The minimum Gasteiger partial charge on any atom is -0.459 e. The van der Waals surface area contributed by atoms with Gasteiger partial charge in [0.15, 0.2) is 0 Å². The summed E-state index contributed by atoms with van der Waals surface area (Å²) in [5, 5.41) is 0. The lowest BCUT2D eigenvalue weighted by molar-refractivity contribution is -0.153. The van der Waals surface area contributed by atoms with Crippen LogP contribution in [-0.2, 0) is 6.18 Å². The maximum atomic E-state index is 11.9. The van der Waals surface area contributed by atoms with Crippen LogP contribution in [0.1, 0.15) is 15.1 Å². The molecule has 0 N–H and O–H groups in total. The molecular formula is C6H3Br2F3O. The van der Waals surface area contributed by atoms with E-state index in [-0.39, 0.29) is 3.74 Å². The number of alkyl halides is 5. The molecule has 0 atom stereocenters. The SMILES string of the molecule is FC(F)(F)c1cc(C(Br)Br)co1. The standard InChI is InChI=1S/C6H3Br2F3O/c7-5(8)3-1-4(12-2-3)6(9,10)11/h1-2,5H. The van der Waals surface area contributed by atoms with E-state index in [0.717, 1.165) is 12.3 Å². The Kier molecular flexibility index (Phi) is 2.88. The Balaban J connectivity index is 2.92. The maximum absolute atomic E-state index is 11.9. The van der Waals surface area contributed by atoms with Gasteiger partial charge in [0.25, 0.3) is 0 Å². The minimum absolute atomic E-state index is 0.315. The zero-order valence-electron chi connectivity index (χ0n) is 5.53. The van der Waals surface area contributed by atoms with E-state index >= 15 is 0 Å². The maximum Gasteiger partial charge on any atom is 0.449 e. The lowest BCUT2D eigenvalue weighted by Gasteiger charge is -1.99. The summed E-state index contributed by atoms with van der Waals surface area (Å²) in [6.45, 7) is 0. The van der Waals surface area contributed by atoms with Gasteiger partial charge in [-0.1, -0.05) is 31.9 Å². The summed E-state index contributed by atoms with van der Waals surface area (Å²) in [5.74, 6) is -0.985. The molecule has 1 nitrogen and oxygen atoms in total. The summed E-state index contributed by atoms with van der Waals surface area (Å²) in [4.78, 5) is 0. The second-order valence-corrected chi connectivity index (χ2v) is 5.10. The third-order valence-corrected chi connectivity index (χ3v) is 2.21. The number of hydrogen-bond acceptors (Lipinski definition) is 1. The lowest BCUT2D eigenvalue weighted by atomic mass is 10.3. The first-order valence-electron chi connectivity index (χ1n) is 2.85. The van der Waals surface area contributed by atoms with Crippen molar-refractivity contribution in [1.29, 1.82) is 0 Å². The first-order chi connectivity index (χ1) is 5.41. The smallest absolute Gasteiger partial charge is 0.449 e. The van der Waals surface area contributed by atoms with Crippen LogP contribution in [0.15, 0.2) is 16.7 Å². The van der Waals surface area contributed by atoms with E-state index in [2.05, 4.69) is 36.3 Å². The first kappa shape index (κ1) is 10.1. The molecule has 0 amide bonds. The Morgan fingerprint density at radius 2 is 1.92 bits per heavy atom. The van der Waals surface area contributed by atoms with Gasteiger partial charge in [-0.2, -0.15) is 13.2 Å². The molecule has 0 aliphatic rings. The van der Waals surface area contributed by atoms with Gasteiger partial charge in [-0.05, 0) is 6.07 Å². The summed E-state index contributed by atoms with van der Waals surface area (Å²) in [6.07, 6.45) is -3.36. The van der Waals surface area contributed by atoms with E-state index in [9.17, 15) is 13.2 Å². The molecule has 6 heteroatoms. The van der Waals surface area contributed by atoms with Crippen LogP contribution >= 0.6 is 31.9 Å². The van der Waals surface area contributed by atoms with Crippen molar-refractivity contribution in [3.8, 4) is 0 Å². The summed E-state index contributed by atoms with van der Waals surface area (Å²) < 4.78 is 39.8. The molecule has 0 saturated carbocycles. The quantitative estimate of drug-likeness (QED) is 0.712. The van der Waals surface area contributed by atoms with Crippen molar-refractivity contribution in [3.05, 3.63) is 23.7 Å². The van der Waals surface area contributed by atoms with E-state index in [1.807, 2.05) is 0 Å². The highest BCUT2D eigenvalue weighted by molar-refractivity contribution is 9.24. The van der Waals surface area contributed by atoms with Crippen molar-refractivity contribution in [1.82, 2.24) is 0 Å². The Bertz CT molecular complexity index is 266. The second kappa shape index (κ2) is 3.41. The summed E-state index contributed by atoms with van der Waals surface area (Å²) in [5.41, 5.74) is 0.405. The predicted octanol–water partition coefficient (Wildman–Crippen LogP) is 4.09. The summed E-state index contributed by atoms with van der Waals surface area (Å²) in [6, 6.07) is 0.939. The van der Waals surface area contributed by atoms with E-state index in [1.165, 1.54) is 0 Å². The number of furan rings is 1. The Morgan fingerprint density at radius 1 is 1.33 bits per heavy atom. The number of halogens is 5. The molecular weight excluding hydrogens is 305 g/mol. The van der Waals surface area contributed by atoms with E-state index in [0.29, 0.717) is 5.56 Å². The van der Waals surface area contributed by atoms with Crippen molar-refractivity contribution in [3.63, 3.8) is 0 Å². The topological polar surface area (TPSA) is 13.1 Å². The van der Waals surface area contributed by atoms with Gasteiger partial charge in [-0.15, -0.1) is 0 Å². The monoisotopic (exact) mass is 306 g/mol. The molecule has 0 aromatic carbocycles. The Labute approximate surface area is 83.2 Å². The van der Waals surface area contributed by atoms with Crippen LogP contribution in [0.2, 0.25) is 0 Å². The second-order valence-electron chi connectivity index (χ2n) is 2.04. The molecule has 1 heterocycles. The molecule has 1 aromatic heterocycles. The molecule has 0 aliphatic carbocycles. The average molecular weight is 308 g/mol. The van der Waals surface area contributed by atoms with Crippen molar-refractivity contribution < 1.29 is 17.6 Å². The molecule has 0 saturated heterocycles. The summed E-state index contributed by atoms with van der Waals surface area (Å²) in [7, 11) is 0. The molecule has 0 unspecified atom stereocenters.